The average Bonchev–Trinajstić information content (AvgIpc) is 3.39. The summed E-state index contributed by atoms with van der Waals surface area (Å²) in [5.74, 6) is 0. The number of para-hydroxylation sites is 1. The van der Waals surface area contributed by atoms with Gasteiger partial charge in [-0.2, -0.15) is 0 Å². The first-order chi connectivity index (χ1) is 22.8. The zero-order valence-electron chi connectivity index (χ0n) is 32.3. The standard InChI is InChI=1S/C24H26NOSi.C12H10N.Ir/c1-24(2,3)16-13-14-25-19(15-16)17-11-12-21(27(4,5)6)22-18-9-7-8-10-20(18)26-23(17)22;1-10-7-8-12(13-9-10)11-5-3-2-4-6-11;/h7-10,12-15H,1-6H3;2-5,7-9H,1H3;/q2*-1;/i1D3,2D3,3D3;;. The molecule has 3 heterocycles. The van der Waals surface area contributed by atoms with Crippen LogP contribution in [0.3, 0.4) is 0 Å². The first-order valence-electron chi connectivity index (χ1n) is 17.5. The van der Waals surface area contributed by atoms with E-state index >= 15 is 0 Å². The minimum Gasteiger partial charge on any atom is -0.501 e. The predicted octanol–water partition coefficient (Wildman–Crippen LogP) is 9.15. The summed E-state index contributed by atoms with van der Waals surface area (Å²) in [5, 5.41) is 2.93. The summed E-state index contributed by atoms with van der Waals surface area (Å²) in [6, 6.07) is 30.1. The molecule has 6 aromatic rings. The normalized spacial score (nSPS) is 15.8. The molecule has 0 amide bonds. The monoisotopic (exact) mass is 742 g/mol. The van der Waals surface area contributed by atoms with Crippen LogP contribution in [0.1, 0.15) is 44.0 Å². The molecule has 3 aromatic heterocycles. The van der Waals surface area contributed by atoms with Gasteiger partial charge in [0.05, 0.1) is 5.58 Å². The Morgan fingerprint density at radius 2 is 1.66 bits per heavy atom. The van der Waals surface area contributed by atoms with Crippen molar-refractivity contribution in [2.45, 2.75) is 52.5 Å². The smallest absolute Gasteiger partial charge is 0.120 e. The Bertz CT molecular complexity index is 2050. The summed E-state index contributed by atoms with van der Waals surface area (Å²) in [5.41, 5.74) is 1.46. The summed E-state index contributed by atoms with van der Waals surface area (Å²) in [4.78, 5) is 8.67. The van der Waals surface area contributed by atoms with Crippen molar-refractivity contribution in [2.75, 3.05) is 0 Å². The molecule has 0 aliphatic heterocycles. The van der Waals surface area contributed by atoms with Crippen LogP contribution in [0.4, 0.5) is 0 Å². The van der Waals surface area contributed by atoms with Gasteiger partial charge in [0.1, 0.15) is 5.58 Å². The molecule has 3 aromatic carbocycles. The van der Waals surface area contributed by atoms with E-state index < -0.39 is 34.0 Å². The molecule has 0 atom stereocenters. The fourth-order valence-corrected chi connectivity index (χ4v) is 6.04. The van der Waals surface area contributed by atoms with Crippen LogP contribution in [-0.2, 0) is 25.5 Å². The molecular weight excluding hydrogens is 697 g/mol. The molecule has 3 nitrogen and oxygen atoms in total. The topological polar surface area (TPSA) is 38.9 Å². The third-order valence-electron chi connectivity index (χ3n) is 6.61. The second kappa shape index (κ2) is 12.2. The van der Waals surface area contributed by atoms with Gasteiger partial charge in [-0.15, -0.1) is 53.2 Å². The Kier molecular flexibility index (Phi) is 6.12. The molecule has 0 N–H and O–H groups in total. The van der Waals surface area contributed by atoms with E-state index in [1.54, 1.807) is 0 Å². The van der Waals surface area contributed by atoms with E-state index in [1.165, 1.54) is 17.8 Å². The number of pyridine rings is 2. The van der Waals surface area contributed by atoms with Crippen molar-refractivity contribution in [3.63, 3.8) is 0 Å². The Morgan fingerprint density at radius 3 is 2.34 bits per heavy atom. The Morgan fingerprint density at radius 1 is 0.878 bits per heavy atom. The Labute approximate surface area is 271 Å². The number of hydrogen-bond donors (Lipinski definition) is 0. The quantitative estimate of drug-likeness (QED) is 0.134. The van der Waals surface area contributed by atoms with Gasteiger partial charge >= 0.3 is 0 Å². The van der Waals surface area contributed by atoms with E-state index in [1.807, 2.05) is 73.8 Å². The first-order valence-corrected chi connectivity index (χ1v) is 16.5. The SMILES string of the molecule is Cc1ccc(-c2[c-]cccc2)nc1.[2H]C([2H])([2H])C(c1ccnc(-c2[c-]cc([Si](C)(C)C)c3c2oc2ccccc23)c1)(C([2H])([2H])[2H])C([2H])([2H])[2H].[Ir]. The molecule has 0 spiro atoms. The summed E-state index contributed by atoms with van der Waals surface area (Å²) in [6.07, 6.45) is 3.10. The Hall–Kier alpha value is -3.37. The van der Waals surface area contributed by atoms with E-state index in [0.717, 1.165) is 33.3 Å². The molecule has 0 unspecified atom stereocenters. The van der Waals surface area contributed by atoms with E-state index in [9.17, 15) is 0 Å². The Balaban J connectivity index is 0.000000335. The van der Waals surface area contributed by atoms with Crippen molar-refractivity contribution in [2.24, 2.45) is 0 Å². The molecular formula is C36H36IrN2OSi-2. The van der Waals surface area contributed by atoms with Crippen molar-refractivity contribution < 1.29 is 36.9 Å². The summed E-state index contributed by atoms with van der Waals surface area (Å²) < 4.78 is 78.5. The van der Waals surface area contributed by atoms with Gasteiger partial charge in [-0.25, -0.2) is 0 Å². The van der Waals surface area contributed by atoms with Crippen LogP contribution in [0.2, 0.25) is 19.6 Å². The number of aryl methyl sites for hydroxylation is 1. The minimum atomic E-state index is -3.36. The second-order valence-electron chi connectivity index (χ2n) is 10.8. The largest absolute Gasteiger partial charge is 0.501 e. The molecule has 0 saturated heterocycles. The van der Waals surface area contributed by atoms with E-state index in [0.29, 0.717) is 16.7 Å². The van der Waals surface area contributed by atoms with Crippen LogP contribution in [0.15, 0.2) is 95.7 Å². The molecule has 0 saturated carbocycles. The maximum absolute atomic E-state index is 8.03. The van der Waals surface area contributed by atoms with Crippen LogP contribution < -0.4 is 5.19 Å². The second-order valence-corrected chi connectivity index (χ2v) is 15.8. The summed E-state index contributed by atoms with van der Waals surface area (Å²) in [7, 11) is -1.85. The number of furan rings is 1. The first kappa shape index (κ1) is 20.5. The van der Waals surface area contributed by atoms with Gasteiger partial charge in [-0.05, 0) is 47.0 Å². The summed E-state index contributed by atoms with van der Waals surface area (Å²) >= 11 is 0. The number of aromatic nitrogens is 2. The number of fused-ring (bicyclic) bond motifs is 3. The average molecular weight is 742 g/mol. The van der Waals surface area contributed by atoms with Gasteiger partial charge in [0.25, 0.3) is 0 Å². The van der Waals surface area contributed by atoms with Crippen LogP contribution in [-0.4, -0.2) is 18.0 Å². The van der Waals surface area contributed by atoms with Crippen LogP contribution >= 0.6 is 0 Å². The molecule has 211 valence electrons. The molecule has 5 heteroatoms. The van der Waals surface area contributed by atoms with Crippen LogP contribution in [0.25, 0.3) is 44.5 Å². The van der Waals surface area contributed by atoms with Gasteiger partial charge in [-0.1, -0.05) is 87.5 Å². The van der Waals surface area contributed by atoms with Crippen molar-refractivity contribution in [3.05, 3.63) is 115 Å². The molecule has 0 fully saturated rings. The molecule has 0 bridgehead atoms. The molecule has 1 radical (unpaired) electrons. The van der Waals surface area contributed by atoms with Gasteiger partial charge < -0.3 is 14.4 Å². The molecule has 41 heavy (non-hydrogen) atoms. The third kappa shape index (κ3) is 6.76. The van der Waals surface area contributed by atoms with Crippen molar-refractivity contribution in [1.29, 1.82) is 0 Å². The molecule has 0 aliphatic carbocycles. The van der Waals surface area contributed by atoms with Crippen LogP contribution in [0.5, 0.6) is 0 Å². The van der Waals surface area contributed by atoms with Gasteiger partial charge in [0, 0.05) is 58.3 Å². The van der Waals surface area contributed by atoms with Crippen LogP contribution in [0, 0.1) is 19.1 Å². The number of rotatable bonds is 3. The van der Waals surface area contributed by atoms with E-state index in [-0.39, 0.29) is 31.4 Å². The maximum Gasteiger partial charge on any atom is 0.120 e. The number of nitrogens with zero attached hydrogens (tertiary/aromatic N) is 2. The molecule has 6 rings (SSSR count). The fraction of sp³-hybridized carbons (Fsp3) is 0.222. The zero-order chi connectivity index (χ0) is 36.0. The zero-order valence-corrected chi connectivity index (χ0v) is 26.7. The maximum atomic E-state index is 8.03. The van der Waals surface area contributed by atoms with E-state index in [2.05, 4.69) is 47.8 Å². The van der Waals surface area contributed by atoms with Crippen molar-refractivity contribution in [1.82, 2.24) is 9.97 Å². The predicted molar refractivity (Wildman–Crippen MR) is 171 cm³/mol. The van der Waals surface area contributed by atoms with Crippen molar-refractivity contribution >= 4 is 35.2 Å². The number of hydrogen-bond acceptors (Lipinski definition) is 3. The number of benzene rings is 3. The van der Waals surface area contributed by atoms with Gasteiger partial charge in [0.15, 0.2) is 0 Å². The van der Waals surface area contributed by atoms with Gasteiger partial charge in [-0.3, -0.25) is 0 Å². The van der Waals surface area contributed by atoms with Crippen molar-refractivity contribution in [3.8, 4) is 22.5 Å². The minimum absolute atomic E-state index is 0. The van der Waals surface area contributed by atoms with E-state index in [4.69, 9.17) is 16.8 Å². The summed E-state index contributed by atoms with van der Waals surface area (Å²) in [6.45, 7) is -1.44. The van der Waals surface area contributed by atoms with Gasteiger partial charge in [0.2, 0.25) is 0 Å². The third-order valence-corrected chi connectivity index (χ3v) is 8.62. The fourth-order valence-electron chi connectivity index (χ4n) is 4.53. The molecule has 0 aliphatic rings.